The lowest BCUT2D eigenvalue weighted by Crippen LogP contribution is -2.41. The Hall–Kier alpha value is -0.930. The van der Waals surface area contributed by atoms with E-state index < -0.39 is 6.10 Å². The molecule has 18 heavy (non-hydrogen) atoms. The first kappa shape index (κ1) is 15.1. The van der Waals surface area contributed by atoms with Crippen LogP contribution >= 0.6 is 23.2 Å². The Morgan fingerprint density at radius 1 is 1.39 bits per heavy atom. The topological polar surface area (TPSA) is 38.3 Å². The minimum Gasteiger partial charge on any atom is -0.479 e. The molecule has 0 aliphatic carbocycles. The van der Waals surface area contributed by atoms with Gasteiger partial charge in [-0.05, 0) is 38.5 Å². The van der Waals surface area contributed by atoms with Crippen molar-refractivity contribution in [3.8, 4) is 5.75 Å². The molecule has 1 amide bonds. The van der Waals surface area contributed by atoms with Gasteiger partial charge in [0.1, 0.15) is 5.75 Å². The lowest BCUT2D eigenvalue weighted by Gasteiger charge is -2.18. The normalized spacial score (nSPS) is 13.8. The van der Waals surface area contributed by atoms with Crippen LogP contribution < -0.4 is 10.1 Å². The monoisotopic (exact) mass is 289 g/mol. The van der Waals surface area contributed by atoms with Crippen molar-refractivity contribution in [1.29, 1.82) is 0 Å². The van der Waals surface area contributed by atoms with Crippen LogP contribution in [0, 0.1) is 0 Å². The maximum absolute atomic E-state index is 11.8. The molecule has 1 rings (SSSR count). The fraction of sp³-hybridized carbons (Fsp3) is 0.462. The predicted octanol–water partition coefficient (Wildman–Crippen LogP) is 3.68. The van der Waals surface area contributed by atoms with Crippen LogP contribution in [0.1, 0.15) is 27.2 Å². The molecule has 1 N–H and O–H groups in total. The van der Waals surface area contributed by atoms with Gasteiger partial charge in [0.25, 0.3) is 5.91 Å². The van der Waals surface area contributed by atoms with E-state index in [9.17, 15) is 4.79 Å². The van der Waals surface area contributed by atoms with Crippen LogP contribution in [-0.4, -0.2) is 18.1 Å². The van der Waals surface area contributed by atoms with Gasteiger partial charge < -0.3 is 10.1 Å². The van der Waals surface area contributed by atoms with Crippen molar-refractivity contribution in [2.75, 3.05) is 0 Å². The Labute approximate surface area is 117 Å². The predicted molar refractivity (Wildman–Crippen MR) is 74.4 cm³/mol. The molecule has 2 unspecified atom stereocenters. The Morgan fingerprint density at radius 3 is 2.61 bits per heavy atom. The van der Waals surface area contributed by atoms with Crippen molar-refractivity contribution in [1.82, 2.24) is 5.32 Å². The molecule has 0 bridgehead atoms. The van der Waals surface area contributed by atoms with Crippen molar-refractivity contribution >= 4 is 29.1 Å². The zero-order valence-electron chi connectivity index (χ0n) is 10.7. The van der Waals surface area contributed by atoms with Gasteiger partial charge in [-0.2, -0.15) is 0 Å². The lowest BCUT2D eigenvalue weighted by atomic mass is 10.2. The number of hydrogen-bond acceptors (Lipinski definition) is 2. The van der Waals surface area contributed by atoms with Gasteiger partial charge >= 0.3 is 0 Å². The Kier molecular flexibility index (Phi) is 5.76. The van der Waals surface area contributed by atoms with Gasteiger partial charge in [0.15, 0.2) is 6.10 Å². The van der Waals surface area contributed by atoms with Gasteiger partial charge in [0.2, 0.25) is 0 Å². The first-order chi connectivity index (χ1) is 8.43. The molecule has 3 nitrogen and oxygen atoms in total. The van der Waals surface area contributed by atoms with E-state index in [4.69, 9.17) is 27.9 Å². The van der Waals surface area contributed by atoms with E-state index in [-0.39, 0.29) is 11.9 Å². The van der Waals surface area contributed by atoms with Crippen molar-refractivity contribution in [3.05, 3.63) is 28.2 Å². The average Bonchev–Trinajstić information content (AvgIpc) is 2.32. The number of nitrogens with one attached hydrogen (secondary N) is 1. The van der Waals surface area contributed by atoms with E-state index in [1.807, 2.05) is 13.8 Å². The molecule has 0 heterocycles. The van der Waals surface area contributed by atoms with E-state index in [2.05, 4.69) is 5.32 Å². The van der Waals surface area contributed by atoms with Crippen LogP contribution in [0.15, 0.2) is 18.2 Å². The smallest absolute Gasteiger partial charge is 0.260 e. The van der Waals surface area contributed by atoms with Crippen LogP contribution in [0.2, 0.25) is 10.0 Å². The molecule has 1 aromatic carbocycles. The molecule has 100 valence electrons. The number of halogens is 2. The number of ether oxygens (including phenoxy) is 1. The van der Waals surface area contributed by atoms with Crippen LogP contribution in [0.3, 0.4) is 0 Å². The summed E-state index contributed by atoms with van der Waals surface area (Å²) >= 11 is 11.8. The number of carbonyl (C=O) groups excluding carboxylic acids is 1. The maximum atomic E-state index is 11.8. The number of hydrogen-bond donors (Lipinski definition) is 1. The second kappa shape index (κ2) is 6.86. The molecule has 0 saturated carbocycles. The molecule has 2 atom stereocenters. The standard InChI is InChI=1S/C13H17Cl2NO2/c1-4-8(2)16-13(17)9(3)18-12-6-5-10(14)7-11(12)15/h5-9H,4H2,1-3H3,(H,16,17). The van der Waals surface area contributed by atoms with Gasteiger partial charge in [-0.15, -0.1) is 0 Å². The molecule has 0 spiro atoms. The summed E-state index contributed by atoms with van der Waals surface area (Å²) in [6, 6.07) is 5.03. The maximum Gasteiger partial charge on any atom is 0.260 e. The zero-order valence-corrected chi connectivity index (χ0v) is 12.2. The summed E-state index contributed by atoms with van der Waals surface area (Å²) < 4.78 is 5.50. The summed E-state index contributed by atoms with van der Waals surface area (Å²) in [5.41, 5.74) is 0. The molecule has 1 aromatic rings. The lowest BCUT2D eigenvalue weighted by molar-refractivity contribution is -0.127. The molecule has 0 saturated heterocycles. The van der Waals surface area contributed by atoms with Crippen LogP contribution in [0.25, 0.3) is 0 Å². The highest BCUT2D eigenvalue weighted by molar-refractivity contribution is 6.35. The first-order valence-electron chi connectivity index (χ1n) is 5.86. The van der Waals surface area contributed by atoms with Gasteiger partial charge in [-0.3, -0.25) is 4.79 Å². The first-order valence-corrected chi connectivity index (χ1v) is 6.61. The fourth-order valence-electron chi connectivity index (χ4n) is 1.28. The highest BCUT2D eigenvalue weighted by Gasteiger charge is 2.17. The van der Waals surface area contributed by atoms with E-state index >= 15 is 0 Å². The molecule has 0 aliphatic rings. The summed E-state index contributed by atoms with van der Waals surface area (Å²) in [5, 5.41) is 3.77. The molecular formula is C13H17Cl2NO2. The summed E-state index contributed by atoms with van der Waals surface area (Å²) in [4.78, 5) is 11.8. The molecule has 5 heteroatoms. The SMILES string of the molecule is CCC(C)NC(=O)C(C)Oc1ccc(Cl)cc1Cl. The molecular weight excluding hydrogens is 273 g/mol. The molecule has 0 aromatic heterocycles. The van der Waals surface area contributed by atoms with Crippen LogP contribution in [0.5, 0.6) is 5.75 Å². The Bertz CT molecular complexity index is 423. The third-order valence-corrected chi connectivity index (χ3v) is 3.10. The second-order valence-electron chi connectivity index (χ2n) is 4.15. The third-order valence-electron chi connectivity index (χ3n) is 2.57. The van der Waals surface area contributed by atoms with Crippen molar-refractivity contribution < 1.29 is 9.53 Å². The molecule has 0 aliphatic heterocycles. The number of benzene rings is 1. The van der Waals surface area contributed by atoms with E-state index in [1.54, 1.807) is 25.1 Å². The van der Waals surface area contributed by atoms with Crippen molar-refractivity contribution in [2.45, 2.75) is 39.3 Å². The van der Waals surface area contributed by atoms with E-state index in [0.717, 1.165) is 6.42 Å². The molecule has 0 radical (unpaired) electrons. The largest absolute Gasteiger partial charge is 0.479 e. The molecule has 0 fully saturated rings. The Balaban J connectivity index is 2.63. The summed E-state index contributed by atoms with van der Waals surface area (Å²) in [6.45, 7) is 5.63. The minimum atomic E-state index is -0.599. The zero-order chi connectivity index (χ0) is 13.7. The van der Waals surface area contributed by atoms with Gasteiger partial charge in [-0.25, -0.2) is 0 Å². The average molecular weight is 290 g/mol. The second-order valence-corrected chi connectivity index (χ2v) is 5.00. The number of carbonyl (C=O) groups is 1. The highest BCUT2D eigenvalue weighted by atomic mass is 35.5. The third kappa shape index (κ3) is 4.39. The quantitative estimate of drug-likeness (QED) is 0.898. The van der Waals surface area contributed by atoms with Crippen LogP contribution in [-0.2, 0) is 4.79 Å². The van der Waals surface area contributed by atoms with E-state index in [0.29, 0.717) is 15.8 Å². The van der Waals surface area contributed by atoms with E-state index in [1.165, 1.54) is 0 Å². The van der Waals surface area contributed by atoms with Gasteiger partial charge in [-0.1, -0.05) is 30.1 Å². The highest BCUT2D eigenvalue weighted by Crippen LogP contribution is 2.28. The Morgan fingerprint density at radius 2 is 2.06 bits per heavy atom. The van der Waals surface area contributed by atoms with Gasteiger partial charge in [0, 0.05) is 11.1 Å². The van der Waals surface area contributed by atoms with Crippen molar-refractivity contribution in [3.63, 3.8) is 0 Å². The summed E-state index contributed by atoms with van der Waals surface area (Å²) in [6.07, 6.45) is 0.276. The number of rotatable bonds is 5. The summed E-state index contributed by atoms with van der Waals surface area (Å²) in [7, 11) is 0. The minimum absolute atomic E-state index is 0.129. The summed E-state index contributed by atoms with van der Waals surface area (Å²) in [5.74, 6) is 0.295. The number of amides is 1. The van der Waals surface area contributed by atoms with Gasteiger partial charge in [0.05, 0.1) is 5.02 Å². The van der Waals surface area contributed by atoms with Crippen LogP contribution in [0.4, 0.5) is 0 Å². The van der Waals surface area contributed by atoms with Crippen molar-refractivity contribution in [2.24, 2.45) is 0 Å². The fourth-order valence-corrected chi connectivity index (χ4v) is 1.73.